The number of aromatic nitrogens is 2. The van der Waals surface area contributed by atoms with Crippen LogP contribution in [0.25, 0.3) is 0 Å². The molecule has 0 saturated carbocycles. The summed E-state index contributed by atoms with van der Waals surface area (Å²) in [6.07, 6.45) is 0.323. The molecule has 0 aromatic carbocycles. The smallest absolute Gasteiger partial charge is 0.325 e. The fourth-order valence-corrected chi connectivity index (χ4v) is 2.76. The second-order valence-electron chi connectivity index (χ2n) is 6.20. The predicted octanol–water partition coefficient (Wildman–Crippen LogP) is -0.713. The standard InChI is InChI=1S/C15H22N4O4/c1-8(2)19-7-10(4-13(19)21)6-16-12(20)5-11-9(3)17-15(23)18-14(11)22/h8,10H,4-7H2,1-3H3,(H,16,20)(H2,17,18,22,23)/t10-/m0/s1. The highest BCUT2D eigenvalue weighted by molar-refractivity contribution is 5.80. The summed E-state index contributed by atoms with van der Waals surface area (Å²) in [7, 11) is 0. The van der Waals surface area contributed by atoms with Crippen molar-refractivity contribution < 1.29 is 9.59 Å². The second kappa shape index (κ2) is 6.80. The van der Waals surface area contributed by atoms with Crippen LogP contribution in [0.3, 0.4) is 0 Å². The molecule has 1 aliphatic heterocycles. The third kappa shape index (κ3) is 4.08. The number of H-pyrrole nitrogens is 2. The van der Waals surface area contributed by atoms with E-state index in [-0.39, 0.29) is 35.8 Å². The fraction of sp³-hybridized carbons (Fsp3) is 0.600. The van der Waals surface area contributed by atoms with E-state index in [2.05, 4.69) is 15.3 Å². The number of rotatable bonds is 5. The number of amides is 2. The molecule has 0 radical (unpaired) electrons. The second-order valence-corrected chi connectivity index (χ2v) is 6.20. The van der Waals surface area contributed by atoms with Gasteiger partial charge in [-0.3, -0.25) is 19.4 Å². The molecule has 2 rings (SSSR count). The van der Waals surface area contributed by atoms with E-state index in [4.69, 9.17) is 0 Å². The van der Waals surface area contributed by atoms with E-state index in [9.17, 15) is 19.2 Å². The maximum absolute atomic E-state index is 12.0. The SMILES string of the molecule is Cc1[nH]c(=O)[nH]c(=O)c1CC(=O)NC[C@@H]1CC(=O)N(C(C)C)C1. The summed E-state index contributed by atoms with van der Waals surface area (Å²) < 4.78 is 0. The Morgan fingerprint density at radius 2 is 2.00 bits per heavy atom. The van der Waals surface area contributed by atoms with Gasteiger partial charge >= 0.3 is 5.69 Å². The number of aromatic amines is 2. The molecule has 1 aromatic rings. The summed E-state index contributed by atoms with van der Waals surface area (Å²) in [5.74, 6) is -0.114. The minimum Gasteiger partial charge on any atom is -0.355 e. The van der Waals surface area contributed by atoms with Gasteiger partial charge in [0.05, 0.1) is 6.42 Å². The molecular weight excluding hydrogens is 300 g/mol. The Morgan fingerprint density at radius 1 is 1.30 bits per heavy atom. The van der Waals surface area contributed by atoms with E-state index < -0.39 is 11.2 Å². The number of nitrogens with one attached hydrogen (secondary N) is 3. The highest BCUT2D eigenvalue weighted by Gasteiger charge is 2.31. The molecule has 1 saturated heterocycles. The van der Waals surface area contributed by atoms with Crippen molar-refractivity contribution in [2.45, 2.75) is 39.7 Å². The third-order valence-corrected chi connectivity index (χ3v) is 4.04. The van der Waals surface area contributed by atoms with Gasteiger partial charge < -0.3 is 15.2 Å². The molecule has 0 spiro atoms. The molecule has 1 atom stereocenters. The van der Waals surface area contributed by atoms with Crippen molar-refractivity contribution in [1.29, 1.82) is 0 Å². The van der Waals surface area contributed by atoms with Gasteiger partial charge in [0, 0.05) is 42.7 Å². The van der Waals surface area contributed by atoms with E-state index in [1.54, 1.807) is 11.8 Å². The number of hydrogen-bond donors (Lipinski definition) is 3. The van der Waals surface area contributed by atoms with Crippen LogP contribution < -0.4 is 16.6 Å². The number of aryl methyl sites for hydroxylation is 1. The van der Waals surface area contributed by atoms with Gasteiger partial charge in [0.25, 0.3) is 5.56 Å². The molecule has 8 heteroatoms. The van der Waals surface area contributed by atoms with Gasteiger partial charge in [0.2, 0.25) is 11.8 Å². The number of carbonyl (C=O) groups is 2. The van der Waals surface area contributed by atoms with Crippen LogP contribution in [0.1, 0.15) is 31.5 Å². The zero-order valence-electron chi connectivity index (χ0n) is 13.6. The average molecular weight is 322 g/mol. The topological polar surface area (TPSA) is 115 Å². The van der Waals surface area contributed by atoms with Crippen LogP contribution >= 0.6 is 0 Å². The van der Waals surface area contributed by atoms with Crippen molar-refractivity contribution in [2.75, 3.05) is 13.1 Å². The first-order chi connectivity index (χ1) is 10.8. The zero-order chi connectivity index (χ0) is 17.1. The van der Waals surface area contributed by atoms with Gasteiger partial charge in [-0.15, -0.1) is 0 Å². The van der Waals surface area contributed by atoms with Crippen molar-refractivity contribution in [3.05, 3.63) is 32.1 Å². The summed E-state index contributed by atoms with van der Waals surface area (Å²) in [6, 6.07) is 0.158. The summed E-state index contributed by atoms with van der Waals surface area (Å²) in [5.41, 5.74) is -0.511. The minimum atomic E-state index is -0.588. The van der Waals surface area contributed by atoms with Gasteiger partial charge in [-0.1, -0.05) is 0 Å². The number of likely N-dealkylation sites (tertiary alicyclic amines) is 1. The van der Waals surface area contributed by atoms with Crippen LogP contribution in [0.4, 0.5) is 0 Å². The Labute approximate surface area is 133 Å². The fourth-order valence-electron chi connectivity index (χ4n) is 2.76. The molecule has 2 heterocycles. The third-order valence-electron chi connectivity index (χ3n) is 4.04. The Morgan fingerprint density at radius 3 is 2.57 bits per heavy atom. The first-order valence-corrected chi connectivity index (χ1v) is 7.66. The maximum atomic E-state index is 12.0. The number of carbonyl (C=O) groups excluding carboxylic acids is 2. The molecule has 3 N–H and O–H groups in total. The zero-order valence-corrected chi connectivity index (χ0v) is 13.6. The lowest BCUT2D eigenvalue weighted by molar-refractivity contribution is -0.129. The first-order valence-electron chi connectivity index (χ1n) is 7.66. The van der Waals surface area contributed by atoms with Crippen molar-refractivity contribution in [3.8, 4) is 0 Å². The van der Waals surface area contributed by atoms with Gasteiger partial charge in [-0.2, -0.15) is 0 Å². The van der Waals surface area contributed by atoms with Crippen LogP contribution in [0, 0.1) is 12.8 Å². The lowest BCUT2D eigenvalue weighted by Gasteiger charge is -2.21. The number of hydrogen-bond acceptors (Lipinski definition) is 4. The predicted molar refractivity (Wildman–Crippen MR) is 84.1 cm³/mol. The molecule has 0 unspecified atom stereocenters. The summed E-state index contributed by atoms with van der Waals surface area (Å²) in [4.78, 5) is 53.0. The first kappa shape index (κ1) is 17.0. The minimum absolute atomic E-state index is 0.0869. The molecular formula is C15H22N4O4. The van der Waals surface area contributed by atoms with Crippen molar-refractivity contribution in [2.24, 2.45) is 5.92 Å². The summed E-state index contributed by atoms with van der Waals surface area (Å²) in [6.45, 7) is 6.53. The molecule has 0 aliphatic carbocycles. The van der Waals surface area contributed by atoms with Gasteiger partial charge in [0.1, 0.15) is 0 Å². The van der Waals surface area contributed by atoms with E-state index in [1.807, 2.05) is 13.8 Å². The van der Waals surface area contributed by atoms with Crippen LogP contribution in [0.15, 0.2) is 9.59 Å². The van der Waals surface area contributed by atoms with E-state index >= 15 is 0 Å². The van der Waals surface area contributed by atoms with Gasteiger partial charge in [-0.25, -0.2) is 4.79 Å². The summed E-state index contributed by atoms with van der Waals surface area (Å²) >= 11 is 0. The number of nitrogens with zero attached hydrogens (tertiary/aromatic N) is 1. The quantitative estimate of drug-likeness (QED) is 0.664. The lowest BCUT2D eigenvalue weighted by Crippen LogP contribution is -2.36. The highest BCUT2D eigenvalue weighted by Crippen LogP contribution is 2.19. The molecule has 23 heavy (non-hydrogen) atoms. The largest absolute Gasteiger partial charge is 0.355 e. The van der Waals surface area contributed by atoms with E-state index in [0.29, 0.717) is 25.2 Å². The maximum Gasteiger partial charge on any atom is 0.325 e. The average Bonchev–Trinajstić information content (AvgIpc) is 2.82. The lowest BCUT2D eigenvalue weighted by atomic mass is 10.1. The highest BCUT2D eigenvalue weighted by atomic mass is 16.2. The Kier molecular flexibility index (Phi) is 5.02. The van der Waals surface area contributed by atoms with Gasteiger partial charge in [-0.05, 0) is 20.8 Å². The molecule has 1 aromatic heterocycles. The Bertz CT molecular complexity index is 719. The summed E-state index contributed by atoms with van der Waals surface area (Å²) in [5, 5.41) is 2.76. The van der Waals surface area contributed by atoms with Crippen molar-refractivity contribution in [1.82, 2.24) is 20.2 Å². The van der Waals surface area contributed by atoms with Crippen LogP contribution in [0.2, 0.25) is 0 Å². The van der Waals surface area contributed by atoms with Crippen LogP contribution in [-0.4, -0.2) is 45.8 Å². The van der Waals surface area contributed by atoms with E-state index in [1.165, 1.54) is 0 Å². The normalized spacial score (nSPS) is 17.8. The van der Waals surface area contributed by atoms with Crippen LogP contribution in [-0.2, 0) is 16.0 Å². The molecule has 1 fully saturated rings. The van der Waals surface area contributed by atoms with Crippen molar-refractivity contribution >= 4 is 11.8 Å². The molecule has 1 aliphatic rings. The molecule has 8 nitrogen and oxygen atoms in total. The molecule has 2 amide bonds. The molecule has 0 bridgehead atoms. The van der Waals surface area contributed by atoms with Crippen LogP contribution in [0.5, 0.6) is 0 Å². The Hall–Kier alpha value is -2.38. The van der Waals surface area contributed by atoms with E-state index in [0.717, 1.165) is 0 Å². The Balaban J connectivity index is 1.91. The van der Waals surface area contributed by atoms with Crippen molar-refractivity contribution in [3.63, 3.8) is 0 Å². The molecule has 126 valence electrons. The monoisotopic (exact) mass is 322 g/mol. The van der Waals surface area contributed by atoms with Gasteiger partial charge in [0.15, 0.2) is 0 Å².